The van der Waals surface area contributed by atoms with E-state index in [0.717, 1.165) is 10.0 Å². The molecule has 1 N–H and O–H groups in total. The highest BCUT2D eigenvalue weighted by atomic mass is 79.9. The fourth-order valence-electron chi connectivity index (χ4n) is 1.83. The third-order valence-corrected chi connectivity index (χ3v) is 3.67. The Morgan fingerprint density at radius 3 is 2.82 bits per heavy atom. The van der Waals surface area contributed by atoms with Gasteiger partial charge in [-0.15, -0.1) is 0 Å². The monoisotopic (exact) mass is 385 g/mol. The third-order valence-electron chi connectivity index (χ3n) is 2.88. The molecule has 0 aliphatic rings. The summed E-state index contributed by atoms with van der Waals surface area (Å²) in [6.45, 7) is 0.296. The number of amides is 1. The van der Waals surface area contributed by atoms with Crippen LogP contribution in [-0.4, -0.2) is 19.1 Å². The number of carbonyl (C=O) groups excluding carboxylic acids is 1. The molecule has 116 valence electrons. The maximum Gasteiger partial charge on any atom is 0.257 e. The molecule has 0 aromatic heterocycles. The number of hydrogen-bond donors (Lipinski definition) is 1. The van der Waals surface area contributed by atoms with Crippen molar-refractivity contribution in [1.29, 1.82) is 0 Å². The molecule has 0 saturated heterocycles. The van der Waals surface area contributed by atoms with E-state index in [1.165, 1.54) is 12.1 Å². The van der Waals surface area contributed by atoms with Gasteiger partial charge in [0.2, 0.25) is 0 Å². The Hall–Kier alpha value is -1.59. The van der Waals surface area contributed by atoms with Crippen LogP contribution < -0.4 is 10.1 Å². The van der Waals surface area contributed by atoms with Gasteiger partial charge in [-0.05, 0) is 42.3 Å². The van der Waals surface area contributed by atoms with Gasteiger partial charge in [0.25, 0.3) is 5.91 Å². The molecule has 0 bridgehead atoms. The Balaban J connectivity index is 1.74. The molecule has 22 heavy (non-hydrogen) atoms. The zero-order valence-corrected chi connectivity index (χ0v) is 14.0. The fourth-order valence-corrected chi connectivity index (χ4v) is 2.55. The molecule has 0 heterocycles. The van der Waals surface area contributed by atoms with Gasteiger partial charge in [0.05, 0.1) is 5.02 Å². The van der Waals surface area contributed by atoms with Gasteiger partial charge in [0.1, 0.15) is 11.6 Å². The van der Waals surface area contributed by atoms with Gasteiger partial charge in [0.15, 0.2) is 6.61 Å². The van der Waals surface area contributed by atoms with E-state index >= 15 is 0 Å². The number of halogens is 3. The molecular formula is C16H14BrClFNO2. The van der Waals surface area contributed by atoms with Crippen molar-refractivity contribution in [1.82, 2.24) is 5.32 Å². The number of rotatable bonds is 6. The van der Waals surface area contributed by atoms with Gasteiger partial charge in [-0.2, -0.15) is 0 Å². The van der Waals surface area contributed by atoms with Gasteiger partial charge < -0.3 is 10.1 Å². The predicted octanol–water partition coefficient (Wildman–Crippen LogP) is 3.98. The van der Waals surface area contributed by atoms with Crippen LogP contribution in [-0.2, 0) is 11.2 Å². The average molecular weight is 387 g/mol. The van der Waals surface area contributed by atoms with Gasteiger partial charge in [-0.3, -0.25) is 4.79 Å². The molecule has 2 rings (SSSR count). The smallest absolute Gasteiger partial charge is 0.257 e. The van der Waals surface area contributed by atoms with Crippen LogP contribution >= 0.6 is 27.5 Å². The van der Waals surface area contributed by atoms with Crippen LogP contribution in [0.15, 0.2) is 46.9 Å². The molecule has 0 aliphatic heterocycles. The van der Waals surface area contributed by atoms with Crippen molar-refractivity contribution in [3.8, 4) is 5.75 Å². The Labute approximate surface area is 141 Å². The second kappa shape index (κ2) is 8.15. The first-order chi connectivity index (χ1) is 10.5. The molecular weight excluding hydrogens is 373 g/mol. The lowest BCUT2D eigenvalue weighted by molar-refractivity contribution is -0.123. The van der Waals surface area contributed by atoms with Crippen molar-refractivity contribution in [2.45, 2.75) is 6.42 Å². The summed E-state index contributed by atoms with van der Waals surface area (Å²) in [7, 11) is 0. The summed E-state index contributed by atoms with van der Waals surface area (Å²) in [5.41, 5.74) is 0.831. The van der Waals surface area contributed by atoms with E-state index in [1.54, 1.807) is 24.3 Å². The predicted molar refractivity (Wildman–Crippen MR) is 87.8 cm³/mol. The summed E-state index contributed by atoms with van der Waals surface area (Å²) in [4.78, 5) is 11.7. The van der Waals surface area contributed by atoms with Crippen molar-refractivity contribution in [3.63, 3.8) is 0 Å². The van der Waals surface area contributed by atoms with Crippen molar-refractivity contribution >= 4 is 33.4 Å². The third kappa shape index (κ3) is 5.31. The quantitative estimate of drug-likeness (QED) is 0.815. The van der Waals surface area contributed by atoms with E-state index in [1.807, 2.05) is 6.07 Å². The van der Waals surface area contributed by atoms with Gasteiger partial charge >= 0.3 is 0 Å². The highest BCUT2D eigenvalue weighted by molar-refractivity contribution is 9.10. The summed E-state index contributed by atoms with van der Waals surface area (Å²) < 4.78 is 19.2. The van der Waals surface area contributed by atoms with Crippen LogP contribution in [0.25, 0.3) is 0 Å². The highest BCUT2D eigenvalue weighted by Gasteiger charge is 2.06. The highest BCUT2D eigenvalue weighted by Crippen LogP contribution is 2.27. The first-order valence-electron chi connectivity index (χ1n) is 6.63. The molecule has 0 radical (unpaired) electrons. The number of carbonyl (C=O) groups is 1. The van der Waals surface area contributed by atoms with Crippen molar-refractivity contribution in [2.75, 3.05) is 13.2 Å². The minimum atomic E-state index is -0.281. The van der Waals surface area contributed by atoms with E-state index in [-0.39, 0.29) is 18.3 Å². The van der Waals surface area contributed by atoms with Crippen molar-refractivity contribution in [2.24, 2.45) is 0 Å². The molecule has 2 aromatic rings. The molecule has 6 heteroatoms. The lowest BCUT2D eigenvalue weighted by atomic mass is 10.1. The minimum absolute atomic E-state index is 0.121. The largest absolute Gasteiger partial charge is 0.482 e. The SMILES string of the molecule is O=C(COc1ccc(Br)cc1Cl)NCCc1cccc(F)c1. The molecule has 0 saturated carbocycles. The topological polar surface area (TPSA) is 38.3 Å². The molecule has 2 aromatic carbocycles. The van der Waals surface area contributed by atoms with E-state index in [4.69, 9.17) is 16.3 Å². The Morgan fingerprint density at radius 2 is 2.09 bits per heavy atom. The van der Waals surface area contributed by atoms with Crippen LogP contribution in [0.5, 0.6) is 5.75 Å². The van der Waals surface area contributed by atoms with E-state index in [9.17, 15) is 9.18 Å². The average Bonchev–Trinajstić information content (AvgIpc) is 2.46. The summed E-state index contributed by atoms with van der Waals surface area (Å²) >= 11 is 9.28. The standard InChI is InChI=1S/C16H14BrClFNO2/c17-12-4-5-15(14(18)9-12)22-10-16(21)20-7-6-11-2-1-3-13(19)8-11/h1-5,8-9H,6-7,10H2,(H,20,21). The fraction of sp³-hybridized carbons (Fsp3) is 0.188. The molecule has 3 nitrogen and oxygen atoms in total. The lowest BCUT2D eigenvalue weighted by Crippen LogP contribution is -2.30. The molecule has 0 atom stereocenters. The second-order valence-electron chi connectivity index (χ2n) is 4.59. The van der Waals surface area contributed by atoms with Crippen LogP contribution in [0.4, 0.5) is 4.39 Å². The summed E-state index contributed by atoms with van der Waals surface area (Å²) in [6, 6.07) is 11.5. The van der Waals surface area contributed by atoms with Crippen LogP contribution in [0.3, 0.4) is 0 Å². The van der Waals surface area contributed by atoms with E-state index in [0.29, 0.717) is 23.7 Å². The second-order valence-corrected chi connectivity index (χ2v) is 5.92. The summed E-state index contributed by atoms with van der Waals surface area (Å²) in [5, 5.41) is 3.15. The molecule has 0 spiro atoms. The normalized spacial score (nSPS) is 10.3. The van der Waals surface area contributed by atoms with Crippen LogP contribution in [0, 0.1) is 5.82 Å². The van der Waals surface area contributed by atoms with Crippen molar-refractivity contribution in [3.05, 3.63) is 63.3 Å². The molecule has 0 fully saturated rings. The van der Waals surface area contributed by atoms with Gasteiger partial charge in [-0.25, -0.2) is 4.39 Å². The summed E-state index contributed by atoms with van der Waals surface area (Å²) in [5.74, 6) is -0.0856. The van der Waals surface area contributed by atoms with E-state index < -0.39 is 0 Å². The van der Waals surface area contributed by atoms with Gasteiger partial charge in [-0.1, -0.05) is 39.7 Å². The van der Waals surface area contributed by atoms with Gasteiger partial charge in [0, 0.05) is 11.0 Å². The Bertz CT molecular complexity index is 666. The summed E-state index contributed by atoms with van der Waals surface area (Å²) in [6.07, 6.45) is 0.558. The Kier molecular flexibility index (Phi) is 6.21. The first kappa shape index (κ1) is 16.8. The maximum atomic E-state index is 13.0. The zero-order chi connectivity index (χ0) is 15.9. The number of hydrogen-bond acceptors (Lipinski definition) is 2. The minimum Gasteiger partial charge on any atom is -0.482 e. The number of ether oxygens (including phenoxy) is 1. The number of nitrogens with one attached hydrogen (secondary N) is 1. The number of benzene rings is 2. The lowest BCUT2D eigenvalue weighted by Gasteiger charge is -2.09. The Morgan fingerprint density at radius 1 is 1.27 bits per heavy atom. The van der Waals surface area contributed by atoms with Crippen LogP contribution in [0.2, 0.25) is 5.02 Å². The van der Waals surface area contributed by atoms with Crippen molar-refractivity contribution < 1.29 is 13.9 Å². The molecule has 0 aliphatic carbocycles. The zero-order valence-electron chi connectivity index (χ0n) is 11.6. The first-order valence-corrected chi connectivity index (χ1v) is 7.80. The maximum absolute atomic E-state index is 13.0. The van der Waals surface area contributed by atoms with E-state index in [2.05, 4.69) is 21.2 Å². The molecule has 0 unspecified atom stereocenters. The molecule has 1 amide bonds. The van der Waals surface area contributed by atoms with Crippen LogP contribution in [0.1, 0.15) is 5.56 Å².